The van der Waals surface area contributed by atoms with Gasteiger partial charge in [0.1, 0.15) is 0 Å². The highest BCUT2D eigenvalue weighted by atomic mass is 16.6. The van der Waals surface area contributed by atoms with Crippen molar-refractivity contribution in [2.75, 3.05) is 26.7 Å². The molecule has 0 N–H and O–H groups in total. The van der Waals surface area contributed by atoms with Gasteiger partial charge in [-0.2, -0.15) is 0 Å². The van der Waals surface area contributed by atoms with E-state index >= 15 is 0 Å². The second-order valence-corrected chi connectivity index (χ2v) is 4.25. The number of rotatable bonds is 1. The van der Waals surface area contributed by atoms with Crippen LogP contribution in [0, 0.1) is 0 Å². The summed E-state index contributed by atoms with van der Waals surface area (Å²) in [4.78, 5) is 26.7. The van der Waals surface area contributed by atoms with Gasteiger partial charge >= 0.3 is 6.09 Å². The van der Waals surface area contributed by atoms with Gasteiger partial charge < -0.3 is 9.64 Å². The van der Waals surface area contributed by atoms with Crippen LogP contribution in [0.4, 0.5) is 4.79 Å². The summed E-state index contributed by atoms with van der Waals surface area (Å²) >= 11 is 0. The zero-order valence-corrected chi connectivity index (χ0v) is 9.15. The van der Waals surface area contributed by atoms with E-state index in [2.05, 4.69) is 0 Å². The maximum absolute atomic E-state index is 12.0. The van der Waals surface area contributed by atoms with Crippen molar-refractivity contribution in [2.45, 2.75) is 25.4 Å². The van der Waals surface area contributed by atoms with Gasteiger partial charge in [-0.25, -0.2) is 9.69 Å². The normalized spacial score (nSPS) is 32.5. The minimum atomic E-state index is -0.889. The topological polar surface area (TPSA) is 49.9 Å². The Bertz CT molecular complexity index is 305. The van der Waals surface area contributed by atoms with Gasteiger partial charge in [-0.3, -0.25) is 4.79 Å². The zero-order valence-electron chi connectivity index (χ0n) is 9.15. The Morgan fingerprint density at radius 2 is 2.20 bits per heavy atom. The molecule has 0 aromatic rings. The van der Waals surface area contributed by atoms with Gasteiger partial charge in [0, 0.05) is 13.1 Å². The molecule has 0 bridgehead atoms. The first-order valence-corrected chi connectivity index (χ1v) is 5.32. The van der Waals surface area contributed by atoms with Crippen molar-refractivity contribution >= 4 is 12.0 Å². The lowest BCUT2D eigenvalue weighted by Gasteiger charge is -2.34. The van der Waals surface area contributed by atoms with E-state index in [9.17, 15) is 9.59 Å². The monoisotopic (exact) mass is 212 g/mol. The number of carbonyl (C=O) groups is 2. The predicted molar refractivity (Wildman–Crippen MR) is 53.3 cm³/mol. The number of likely N-dealkylation sites (N-methyl/N-ethyl adjacent to an activating group) is 2. The molecule has 0 saturated carbocycles. The molecule has 5 nitrogen and oxygen atoms in total. The van der Waals surface area contributed by atoms with Crippen LogP contribution in [-0.4, -0.2) is 54.1 Å². The summed E-state index contributed by atoms with van der Waals surface area (Å²) in [6.45, 7) is 3.65. The van der Waals surface area contributed by atoms with Gasteiger partial charge in [0.15, 0.2) is 0 Å². The molecule has 0 aromatic carbocycles. The highest BCUT2D eigenvalue weighted by Crippen LogP contribution is 2.32. The fraction of sp³-hybridized carbons (Fsp3) is 0.800. The van der Waals surface area contributed by atoms with Crippen molar-refractivity contribution in [3.63, 3.8) is 0 Å². The smallest absolute Gasteiger partial charge is 0.417 e. The molecule has 1 unspecified atom stereocenters. The van der Waals surface area contributed by atoms with Crippen LogP contribution in [0.5, 0.6) is 0 Å². The number of carbonyl (C=O) groups excluding carboxylic acids is 2. The average Bonchev–Trinajstić information content (AvgIpc) is 2.38. The molecular formula is C10H16N2O3. The van der Waals surface area contributed by atoms with Gasteiger partial charge in [-0.1, -0.05) is 0 Å². The molecule has 1 spiro atoms. The van der Waals surface area contributed by atoms with E-state index < -0.39 is 11.7 Å². The first-order valence-electron chi connectivity index (χ1n) is 5.32. The van der Waals surface area contributed by atoms with E-state index in [4.69, 9.17) is 4.74 Å². The number of hydrogen-bond donors (Lipinski definition) is 0. The van der Waals surface area contributed by atoms with Gasteiger partial charge in [0.25, 0.3) is 5.91 Å². The van der Waals surface area contributed by atoms with E-state index in [1.807, 2.05) is 11.9 Å². The number of nitrogens with zero attached hydrogens (tertiary/aromatic N) is 2. The second-order valence-electron chi connectivity index (χ2n) is 4.25. The summed E-state index contributed by atoms with van der Waals surface area (Å²) in [5.41, 5.74) is -0.889. The van der Waals surface area contributed by atoms with Crippen LogP contribution in [0.1, 0.15) is 19.8 Å². The highest BCUT2D eigenvalue weighted by molar-refractivity contribution is 6.03. The molecule has 2 fully saturated rings. The Morgan fingerprint density at radius 3 is 2.73 bits per heavy atom. The lowest BCUT2D eigenvalue weighted by Crippen LogP contribution is -2.52. The number of hydrogen-bond acceptors (Lipinski definition) is 4. The van der Waals surface area contributed by atoms with E-state index in [0.29, 0.717) is 19.5 Å². The molecule has 2 rings (SSSR count). The molecule has 0 radical (unpaired) electrons. The van der Waals surface area contributed by atoms with E-state index in [1.54, 1.807) is 6.92 Å². The Labute approximate surface area is 89.0 Å². The van der Waals surface area contributed by atoms with Crippen LogP contribution < -0.4 is 0 Å². The fourth-order valence-corrected chi connectivity index (χ4v) is 2.35. The summed E-state index contributed by atoms with van der Waals surface area (Å²) < 4.78 is 5.27. The summed E-state index contributed by atoms with van der Waals surface area (Å²) in [6, 6.07) is 0. The predicted octanol–water partition coefficient (Wildman–Crippen LogP) is 0.450. The number of imide groups is 1. The average molecular weight is 212 g/mol. The van der Waals surface area contributed by atoms with Crippen LogP contribution in [0.3, 0.4) is 0 Å². The molecule has 2 aliphatic rings. The Kier molecular flexibility index (Phi) is 2.42. The first kappa shape index (κ1) is 10.4. The largest absolute Gasteiger partial charge is 0.431 e. The molecule has 2 saturated heterocycles. The van der Waals surface area contributed by atoms with Crippen molar-refractivity contribution in [3.8, 4) is 0 Å². The summed E-state index contributed by atoms with van der Waals surface area (Å²) in [7, 11) is 1.94. The van der Waals surface area contributed by atoms with E-state index in [0.717, 1.165) is 13.0 Å². The number of amides is 2. The third kappa shape index (κ3) is 1.51. The van der Waals surface area contributed by atoms with Gasteiger partial charge in [0.2, 0.25) is 5.60 Å². The SMILES string of the molecule is CCN1C(=O)OC2(CCCN(C)C2)C1=O. The Hall–Kier alpha value is -1.10. The maximum Gasteiger partial charge on any atom is 0.417 e. The van der Waals surface area contributed by atoms with Crippen LogP contribution in [0.25, 0.3) is 0 Å². The number of piperidine rings is 1. The lowest BCUT2D eigenvalue weighted by molar-refractivity contribution is -0.140. The standard InChI is InChI=1S/C10H16N2O3/c1-3-12-8(13)10(15-9(12)14)5-4-6-11(2)7-10/h3-7H2,1-2H3. The van der Waals surface area contributed by atoms with Crippen LogP contribution in [-0.2, 0) is 9.53 Å². The molecule has 84 valence electrons. The molecule has 2 heterocycles. The number of likely N-dealkylation sites (tertiary alicyclic amines) is 1. The lowest BCUT2D eigenvalue weighted by atomic mass is 9.92. The van der Waals surface area contributed by atoms with Gasteiger partial charge in [0.05, 0.1) is 0 Å². The van der Waals surface area contributed by atoms with E-state index in [1.165, 1.54) is 4.90 Å². The Balaban J connectivity index is 2.22. The maximum atomic E-state index is 12.0. The fourth-order valence-electron chi connectivity index (χ4n) is 2.35. The van der Waals surface area contributed by atoms with Crippen LogP contribution in [0.2, 0.25) is 0 Å². The van der Waals surface area contributed by atoms with Crippen molar-refractivity contribution in [2.24, 2.45) is 0 Å². The first-order chi connectivity index (χ1) is 7.09. The van der Waals surface area contributed by atoms with Crippen LogP contribution in [0.15, 0.2) is 0 Å². The second kappa shape index (κ2) is 3.48. The van der Waals surface area contributed by atoms with Crippen LogP contribution >= 0.6 is 0 Å². The van der Waals surface area contributed by atoms with Gasteiger partial charge in [-0.05, 0) is 33.4 Å². The molecule has 1 atom stereocenters. The van der Waals surface area contributed by atoms with Crippen molar-refractivity contribution < 1.29 is 14.3 Å². The molecule has 0 aliphatic carbocycles. The summed E-state index contributed by atoms with van der Waals surface area (Å²) in [6.07, 6.45) is 1.06. The Morgan fingerprint density at radius 1 is 1.47 bits per heavy atom. The highest BCUT2D eigenvalue weighted by Gasteiger charge is 2.54. The van der Waals surface area contributed by atoms with Gasteiger partial charge in [-0.15, -0.1) is 0 Å². The zero-order chi connectivity index (χ0) is 11.1. The minimum absolute atomic E-state index is 0.165. The summed E-state index contributed by atoms with van der Waals surface area (Å²) in [5, 5.41) is 0. The van der Waals surface area contributed by atoms with Crippen molar-refractivity contribution in [3.05, 3.63) is 0 Å². The minimum Gasteiger partial charge on any atom is -0.431 e. The molecule has 0 aromatic heterocycles. The van der Waals surface area contributed by atoms with E-state index in [-0.39, 0.29) is 5.91 Å². The molecule has 2 amide bonds. The third-order valence-corrected chi connectivity index (χ3v) is 3.10. The quantitative estimate of drug-likeness (QED) is 0.633. The van der Waals surface area contributed by atoms with Crippen molar-refractivity contribution in [1.29, 1.82) is 0 Å². The number of ether oxygens (including phenoxy) is 1. The summed E-state index contributed by atoms with van der Waals surface area (Å²) in [5.74, 6) is -0.165. The molecule has 2 aliphatic heterocycles. The third-order valence-electron chi connectivity index (χ3n) is 3.10. The molecule has 5 heteroatoms. The van der Waals surface area contributed by atoms with Crippen molar-refractivity contribution in [1.82, 2.24) is 9.80 Å². The molecular weight excluding hydrogens is 196 g/mol. The molecule has 15 heavy (non-hydrogen) atoms.